The molecule has 24 heavy (non-hydrogen) atoms. The lowest BCUT2D eigenvalue weighted by Crippen LogP contribution is -2.56. The van der Waals surface area contributed by atoms with Crippen LogP contribution in [-0.4, -0.2) is 61.4 Å². The lowest BCUT2D eigenvalue weighted by atomic mass is 10.0. The third kappa shape index (κ3) is 4.26. The Bertz CT molecular complexity index is 603. The van der Waals surface area contributed by atoms with Crippen LogP contribution in [0, 0.1) is 6.92 Å². The fourth-order valence-corrected chi connectivity index (χ4v) is 2.94. The van der Waals surface area contributed by atoms with Gasteiger partial charge in [0, 0.05) is 33.2 Å². The summed E-state index contributed by atoms with van der Waals surface area (Å²) in [5, 5.41) is 2.87. The Morgan fingerprint density at radius 3 is 2.83 bits per heavy atom. The van der Waals surface area contributed by atoms with Crippen molar-refractivity contribution in [3.8, 4) is 5.75 Å². The first-order valence-electron chi connectivity index (χ1n) is 8.35. The maximum atomic E-state index is 12.3. The van der Waals surface area contributed by atoms with E-state index in [4.69, 9.17) is 4.74 Å². The summed E-state index contributed by atoms with van der Waals surface area (Å²) in [5.74, 6) is 0.784. The van der Waals surface area contributed by atoms with Gasteiger partial charge in [0.1, 0.15) is 5.75 Å². The molecule has 1 saturated heterocycles. The molecule has 1 heterocycles. The largest absolute Gasteiger partial charge is 0.496 e. The van der Waals surface area contributed by atoms with Gasteiger partial charge >= 0.3 is 0 Å². The van der Waals surface area contributed by atoms with Crippen molar-refractivity contribution < 1.29 is 14.3 Å². The van der Waals surface area contributed by atoms with Crippen LogP contribution in [-0.2, 0) is 16.1 Å². The van der Waals surface area contributed by atoms with E-state index in [-0.39, 0.29) is 18.2 Å². The van der Waals surface area contributed by atoms with E-state index in [1.165, 1.54) is 0 Å². The third-order valence-corrected chi connectivity index (χ3v) is 4.55. The van der Waals surface area contributed by atoms with Gasteiger partial charge in [0.25, 0.3) is 0 Å². The number of benzene rings is 1. The summed E-state index contributed by atoms with van der Waals surface area (Å²) >= 11 is 0. The summed E-state index contributed by atoms with van der Waals surface area (Å²) in [7, 11) is 3.42. The summed E-state index contributed by atoms with van der Waals surface area (Å²) in [6, 6.07) is 5.61. The summed E-state index contributed by atoms with van der Waals surface area (Å²) in [4.78, 5) is 28.2. The molecule has 0 spiro atoms. The monoisotopic (exact) mass is 333 g/mol. The zero-order valence-electron chi connectivity index (χ0n) is 15.0. The van der Waals surface area contributed by atoms with E-state index in [9.17, 15) is 9.59 Å². The number of amides is 2. The van der Waals surface area contributed by atoms with Crippen molar-refractivity contribution in [2.45, 2.75) is 32.9 Å². The molecular formula is C18H27N3O3. The van der Waals surface area contributed by atoms with E-state index in [0.717, 1.165) is 23.4 Å². The van der Waals surface area contributed by atoms with Gasteiger partial charge in [-0.3, -0.25) is 14.5 Å². The Kier molecular flexibility index (Phi) is 6.20. The molecule has 6 nitrogen and oxygen atoms in total. The molecule has 6 heteroatoms. The number of hydrogen-bond donors (Lipinski definition) is 1. The molecule has 1 fully saturated rings. The number of carbonyl (C=O) groups is 2. The molecule has 0 radical (unpaired) electrons. The van der Waals surface area contributed by atoms with Gasteiger partial charge in [0.15, 0.2) is 0 Å². The van der Waals surface area contributed by atoms with Crippen LogP contribution in [0.25, 0.3) is 0 Å². The van der Waals surface area contributed by atoms with Crippen molar-refractivity contribution in [1.82, 2.24) is 15.1 Å². The number of nitrogens with one attached hydrogen (secondary N) is 1. The van der Waals surface area contributed by atoms with Crippen molar-refractivity contribution >= 4 is 11.8 Å². The molecule has 0 aliphatic carbocycles. The number of methoxy groups -OCH3 is 1. The maximum Gasteiger partial charge on any atom is 0.237 e. The molecule has 2 amide bonds. The van der Waals surface area contributed by atoms with E-state index < -0.39 is 6.04 Å². The fourth-order valence-electron chi connectivity index (χ4n) is 2.94. The van der Waals surface area contributed by atoms with E-state index in [1.807, 2.05) is 26.0 Å². The van der Waals surface area contributed by atoms with Crippen LogP contribution >= 0.6 is 0 Å². The van der Waals surface area contributed by atoms with Crippen LogP contribution in [0.15, 0.2) is 18.2 Å². The Morgan fingerprint density at radius 2 is 2.21 bits per heavy atom. The van der Waals surface area contributed by atoms with Gasteiger partial charge < -0.3 is 15.0 Å². The normalized spacial score (nSPS) is 18.2. The first-order chi connectivity index (χ1) is 11.5. The number of ether oxygens (including phenoxy) is 1. The van der Waals surface area contributed by atoms with Crippen molar-refractivity contribution in [2.75, 3.05) is 33.8 Å². The first kappa shape index (κ1) is 18.3. The third-order valence-electron chi connectivity index (χ3n) is 4.55. The van der Waals surface area contributed by atoms with Crippen LogP contribution in [0.1, 0.15) is 24.5 Å². The van der Waals surface area contributed by atoms with Crippen molar-refractivity contribution in [1.29, 1.82) is 0 Å². The van der Waals surface area contributed by atoms with Crippen LogP contribution in [0.3, 0.4) is 0 Å². The van der Waals surface area contributed by atoms with Gasteiger partial charge in [-0.25, -0.2) is 0 Å². The number of carbonyl (C=O) groups excluding carboxylic acids is 2. The van der Waals surface area contributed by atoms with Crippen LogP contribution in [0.5, 0.6) is 5.75 Å². The van der Waals surface area contributed by atoms with Crippen LogP contribution in [0.4, 0.5) is 0 Å². The highest BCUT2D eigenvalue weighted by atomic mass is 16.5. The Balaban J connectivity index is 2.12. The molecule has 0 bridgehead atoms. The summed E-state index contributed by atoms with van der Waals surface area (Å²) in [6.07, 6.45) is 0.214. The molecule has 1 atom stereocenters. The van der Waals surface area contributed by atoms with Crippen LogP contribution < -0.4 is 10.1 Å². The van der Waals surface area contributed by atoms with Gasteiger partial charge in [0.05, 0.1) is 19.6 Å². The molecular weight excluding hydrogens is 306 g/mol. The zero-order chi connectivity index (χ0) is 17.7. The van der Waals surface area contributed by atoms with E-state index >= 15 is 0 Å². The topological polar surface area (TPSA) is 61.9 Å². The Labute approximate surface area is 143 Å². The minimum Gasteiger partial charge on any atom is -0.496 e. The molecule has 0 unspecified atom stereocenters. The van der Waals surface area contributed by atoms with E-state index in [2.05, 4.69) is 16.3 Å². The Morgan fingerprint density at radius 1 is 1.46 bits per heavy atom. The van der Waals surface area contributed by atoms with E-state index in [1.54, 1.807) is 19.1 Å². The van der Waals surface area contributed by atoms with Crippen molar-refractivity contribution in [3.63, 3.8) is 0 Å². The molecule has 1 N–H and O–H groups in total. The van der Waals surface area contributed by atoms with Gasteiger partial charge in [0.2, 0.25) is 11.8 Å². The van der Waals surface area contributed by atoms with Gasteiger partial charge in [-0.15, -0.1) is 0 Å². The second kappa shape index (κ2) is 8.15. The average molecular weight is 333 g/mol. The highest BCUT2D eigenvalue weighted by molar-refractivity contribution is 5.88. The zero-order valence-corrected chi connectivity index (χ0v) is 15.0. The fraction of sp³-hybridized carbons (Fsp3) is 0.556. The minimum absolute atomic E-state index is 0.00420. The summed E-state index contributed by atoms with van der Waals surface area (Å²) < 4.78 is 5.29. The van der Waals surface area contributed by atoms with Gasteiger partial charge in [-0.2, -0.15) is 0 Å². The second-order valence-electron chi connectivity index (χ2n) is 6.19. The number of piperazine rings is 1. The predicted octanol–water partition coefficient (Wildman–Crippen LogP) is 1.17. The molecule has 2 rings (SSSR count). The maximum absolute atomic E-state index is 12.3. The number of aryl methyl sites for hydroxylation is 1. The Hall–Kier alpha value is -2.08. The van der Waals surface area contributed by atoms with Crippen LogP contribution in [0.2, 0.25) is 0 Å². The minimum atomic E-state index is -0.414. The standard InChI is InChI=1S/C18H27N3O3/c1-5-20(3)17(22)11-15-18(23)19-8-9-21(15)12-14-6-7-16(24-4)13(2)10-14/h6-7,10,15H,5,8-9,11-12H2,1-4H3,(H,19,23)/t15-/m1/s1. The summed E-state index contributed by atoms with van der Waals surface area (Å²) in [6.45, 7) is 6.57. The van der Waals surface area contributed by atoms with Crippen molar-refractivity contribution in [3.05, 3.63) is 29.3 Å². The molecule has 132 valence electrons. The highest BCUT2D eigenvalue weighted by Gasteiger charge is 2.32. The van der Waals surface area contributed by atoms with Crippen molar-refractivity contribution in [2.24, 2.45) is 0 Å². The SMILES string of the molecule is CCN(C)C(=O)C[C@@H]1C(=O)NCCN1Cc1ccc(OC)c(C)c1. The quantitative estimate of drug-likeness (QED) is 0.849. The first-order valence-corrected chi connectivity index (χ1v) is 8.35. The lowest BCUT2D eigenvalue weighted by molar-refractivity contribution is -0.138. The number of nitrogens with zero attached hydrogens (tertiary/aromatic N) is 2. The highest BCUT2D eigenvalue weighted by Crippen LogP contribution is 2.21. The summed E-state index contributed by atoms with van der Waals surface area (Å²) in [5.41, 5.74) is 2.18. The molecule has 1 aliphatic rings. The number of rotatable bonds is 6. The molecule has 1 aliphatic heterocycles. The average Bonchev–Trinajstić information content (AvgIpc) is 2.57. The molecule has 0 aromatic heterocycles. The predicted molar refractivity (Wildman–Crippen MR) is 92.9 cm³/mol. The second-order valence-corrected chi connectivity index (χ2v) is 6.19. The molecule has 1 aromatic carbocycles. The number of hydrogen-bond acceptors (Lipinski definition) is 4. The lowest BCUT2D eigenvalue weighted by Gasteiger charge is -2.35. The molecule has 1 aromatic rings. The molecule has 0 saturated carbocycles. The van der Waals surface area contributed by atoms with Gasteiger partial charge in [-0.1, -0.05) is 12.1 Å². The van der Waals surface area contributed by atoms with Gasteiger partial charge in [-0.05, 0) is 31.0 Å². The van der Waals surface area contributed by atoms with E-state index in [0.29, 0.717) is 19.6 Å². The smallest absolute Gasteiger partial charge is 0.237 e.